The Morgan fingerprint density at radius 1 is 1.26 bits per heavy atom. The Morgan fingerprint density at radius 3 is 2.53 bits per heavy atom. The van der Waals surface area contributed by atoms with Gasteiger partial charge in [0.15, 0.2) is 5.96 Å². The van der Waals surface area contributed by atoms with E-state index in [2.05, 4.69) is 15.6 Å². The molecule has 1 aromatic carbocycles. The van der Waals surface area contributed by atoms with E-state index >= 15 is 0 Å². The highest BCUT2D eigenvalue weighted by Crippen LogP contribution is 2.27. The molecule has 2 N–H and O–H groups in total. The van der Waals surface area contributed by atoms with E-state index < -0.39 is 0 Å². The van der Waals surface area contributed by atoms with Gasteiger partial charge in [0.1, 0.15) is 0 Å². The molecule has 1 saturated carbocycles. The predicted octanol–water partition coefficient (Wildman–Crippen LogP) is 3.11. The molecule has 0 atom stereocenters. The molecule has 1 aromatic rings. The number of nitrogens with one attached hydrogen (secondary N) is 2. The summed E-state index contributed by atoms with van der Waals surface area (Å²) in [6, 6.07) is 5.59. The van der Waals surface area contributed by atoms with Crippen molar-refractivity contribution in [3.63, 3.8) is 0 Å². The lowest BCUT2D eigenvalue weighted by atomic mass is 10.1. The molecule has 0 amide bonds. The number of aliphatic imine (C=N–C) groups is 1. The van der Waals surface area contributed by atoms with E-state index in [1.54, 1.807) is 7.05 Å². The average Bonchev–Trinajstić information content (AvgIpc) is 3.20. The van der Waals surface area contributed by atoms with Gasteiger partial charge in [-0.3, -0.25) is 4.99 Å². The van der Waals surface area contributed by atoms with Crippen molar-refractivity contribution in [3.8, 4) is 0 Å². The second-order valence-electron chi connectivity index (χ2n) is 4.77. The van der Waals surface area contributed by atoms with Crippen molar-refractivity contribution in [3.05, 3.63) is 33.8 Å². The minimum atomic E-state index is 0.718. The largest absolute Gasteiger partial charge is 0.356 e. The Hall–Kier alpha value is -0.930. The molecule has 1 fully saturated rings. The molecule has 0 heterocycles. The second kappa shape index (κ2) is 7.01. The Balaban J connectivity index is 1.78. The van der Waals surface area contributed by atoms with Crippen LogP contribution in [0, 0.1) is 5.92 Å². The van der Waals surface area contributed by atoms with Crippen LogP contribution in [0.3, 0.4) is 0 Å². The van der Waals surface area contributed by atoms with Gasteiger partial charge < -0.3 is 10.6 Å². The van der Waals surface area contributed by atoms with Gasteiger partial charge in [0.25, 0.3) is 0 Å². The summed E-state index contributed by atoms with van der Waals surface area (Å²) in [4.78, 5) is 4.19. The lowest BCUT2D eigenvalue weighted by Crippen LogP contribution is -2.39. The number of rotatable bonds is 5. The van der Waals surface area contributed by atoms with Gasteiger partial charge >= 0.3 is 0 Å². The molecule has 0 unspecified atom stereocenters. The van der Waals surface area contributed by atoms with Gasteiger partial charge in [0, 0.05) is 30.2 Å². The van der Waals surface area contributed by atoms with E-state index in [0.29, 0.717) is 0 Å². The maximum absolute atomic E-state index is 6.13. The summed E-state index contributed by atoms with van der Waals surface area (Å²) in [6.07, 6.45) is 3.45. The molecule has 5 heteroatoms. The maximum Gasteiger partial charge on any atom is 0.190 e. The van der Waals surface area contributed by atoms with Crippen LogP contribution >= 0.6 is 23.2 Å². The molecule has 1 aliphatic rings. The third-order valence-electron chi connectivity index (χ3n) is 3.21. The summed E-state index contributed by atoms with van der Waals surface area (Å²) in [6.45, 7) is 1.76. The van der Waals surface area contributed by atoms with E-state index in [0.717, 1.165) is 47.0 Å². The van der Waals surface area contributed by atoms with Crippen molar-refractivity contribution in [2.75, 3.05) is 20.1 Å². The second-order valence-corrected chi connectivity index (χ2v) is 5.59. The number of guanidine groups is 1. The van der Waals surface area contributed by atoms with Gasteiger partial charge in [-0.1, -0.05) is 29.3 Å². The molecule has 0 radical (unpaired) electrons. The van der Waals surface area contributed by atoms with Crippen molar-refractivity contribution in [2.24, 2.45) is 10.9 Å². The molecule has 1 aliphatic carbocycles. The molecule has 19 heavy (non-hydrogen) atoms. The maximum atomic E-state index is 6.13. The van der Waals surface area contributed by atoms with Crippen LogP contribution in [0.25, 0.3) is 0 Å². The number of benzene rings is 1. The van der Waals surface area contributed by atoms with Crippen molar-refractivity contribution in [1.29, 1.82) is 0 Å². The Bertz CT molecular complexity index is 436. The quantitative estimate of drug-likeness (QED) is 0.647. The molecule has 3 nitrogen and oxygen atoms in total. The van der Waals surface area contributed by atoms with Crippen molar-refractivity contribution in [2.45, 2.75) is 19.3 Å². The molecule has 0 aromatic heterocycles. The van der Waals surface area contributed by atoms with Crippen LogP contribution in [0.5, 0.6) is 0 Å². The van der Waals surface area contributed by atoms with Crippen LogP contribution in [0.4, 0.5) is 0 Å². The van der Waals surface area contributed by atoms with Gasteiger partial charge in [0.2, 0.25) is 0 Å². The third-order valence-corrected chi connectivity index (χ3v) is 3.92. The van der Waals surface area contributed by atoms with Gasteiger partial charge in [-0.2, -0.15) is 0 Å². The smallest absolute Gasteiger partial charge is 0.190 e. The fraction of sp³-hybridized carbons (Fsp3) is 0.500. The average molecular weight is 300 g/mol. The first-order valence-corrected chi connectivity index (χ1v) is 7.33. The first-order chi connectivity index (χ1) is 9.20. The number of halogens is 2. The van der Waals surface area contributed by atoms with Crippen molar-refractivity contribution < 1.29 is 0 Å². The first-order valence-electron chi connectivity index (χ1n) is 6.58. The third kappa shape index (κ3) is 4.59. The highest BCUT2D eigenvalue weighted by atomic mass is 35.5. The lowest BCUT2D eigenvalue weighted by Gasteiger charge is -2.12. The molecule has 104 valence electrons. The van der Waals surface area contributed by atoms with Gasteiger partial charge in [-0.15, -0.1) is 0 Å². The Labute approximate surface area is 124 Å². The normalized spacial score (nSPS) is 15.4. The van der Waals surface area contributed by atoms with Crippen LogP contribution in [-0.2, 0) is 6.42 Å². The van der Waals surface area contributed by atoms with Crippen LogP contribution in [-0.4, -0.2) is 26.1 Å². The van der Waals surface area contributed by atoms with Gasteiger partial charge in [0.05, 0.1) is 0 Å². The summed E-state index contributed by atoms with van der Waals surface area (Å²) in [5.41, 5.74) is 0.982. The zero-order valence-corrected chi connectivity index (χ0v) is 12.6. The minimum absolute atomic E-state index is 0.718. The highest BCUT2D eigenvalue weighted by molar-refractivity contribution is 6.35. The summed E-state index contributed by atoms with van der Waals surface area (Å²) in [7, 11) is 1.78. The summed E-state index contributed by atoms with van der Waals surface area (Å²) < 4.78 is 0. The molecule has 0 aliphatic heterocycles. The van der Waals surface area contributed by atoms with Crippen molar-refractivity contribution >= 4 is 29.2 Å². The van der Waals surface area contributed by atoms with Gasteiger partial charge in [-0.05, 0) is 42.9 Å². The molecular weight excluding hydrogens is 281 g/mol. The summed E-state index contributed by atoms with van der Waals surface area (Å²) >= 11 is 12.3. The van der Waals surface area contributed by atoms with Crippen LogP contribution < -0.4 is 10.6 Å². The zero-order chi connectivity index (χ0) is 13.7. The van der Waals surface area contributed by atoms with E-state index in [1.807, 2.05) is 18.2 Å². The van der Waals surface area contributed by atoms with Crippen LogP contribution in [0.2, 0.25) is 10.0 Å². The summed E-state index contributed by atoms with van der Waals surface area (Å²) in [5.74, 6) is 1.67. The number of nitrogens with zero attached hydrogens (tertiary/aromatic N) is 1. The van der Waals surface area contributed by atoms with Crippen LogP contribution in [0.15, 0.2) is 23.2 Å². The monoisotopic (exact) mass is 299 g/mol. The Morgan fingerprint density at radius 2 is 1.95 bits per heavy atom. The molecule has 0 saturated heterocycles. The fourth-order valence-electron chi connectivity index (χ4n) is 1.86. The molecule has 2 rings (SSSR count). The van der Waals surface area contributed by atoms with Crippen LogP contribution in [0.1, 0.15) is 18.4 Å². The topological polar surface area (TPSA) is 36.4 Å². The number of hydrogen-bond acceptors (Lipinski definition) is 1. The fourth-order valence-corrected chi connectivity index (χ4v) is 2.45. The zero-order valence-electron chi connectivity index (χ0n) is 11.0. The standard InChI is InChI=1S/C14H19Cl2N3/c1-17-14(19-9-10-5-6-10)18-8-7-11-12(15)3-2-4-13(11)16/h2-4,10H,5-9H2,1H3,(H2,17,18,19). The van der Waals surface area contributed by atoms with Crippen molar-refractivity contribution in [1.82, 2.24) is 10.6 Å². The summed E-state index contributed by atoms with van der Waals surface area (Å²) in [5, 5.41) is 8.03. The lowest BCUT2D eigenvalue weighted by molar-refractivity contribution is 0.734. The Kier molecular flexibility index (Phi) is 5.34. The molecular formula is C14H19Cl2N3. The first kappa shape index (κ1) is 14.5. The molecule has 0 bridgehead atoms. The van der Waals surface area contributed by atoms with Gasteiger partial charge in [-0.25, -0.2) is 0 Å². The molecule has 0 spiro atoms. The predicted molar refractivity (Wildman–Crippen MR) is 82.3 cm³/mol. The highest BCUT2D eigenvalue weighted by Gasteiger charge is 2.20. The van der Waals surface area contributed by atoms with E-state index in [9.17, 15) is 0 Å². The van der Waals surface area contributed by atoms with E-state index in [1.165, 1.54) is 12.8 Å². The SMILES string of the molecule is CN=C(NCCc1c(Cl)cccc1Cl)NCC1CC1. The number of hydrogen-bond donors (Lipinski definition) is 2. The van der Waals surface area contributed by atoms with E-state index in [-0.39, 0.29) is 0 Å². The van der Waals surface area contributed by atoms with E-state index in [4.69, 9.17) is 23.2 Å². The minimum Gasteiger partial charge on any atom is -0.356 e.